The van der Waals surface area contributed by atoms with E-state index in [1.807, 2.05) is 46.3 Å². The molecule has 5 aliphatic heterocycles. The van der Waals surface area contributed by atoms with Gasteiger partial charge in [-0.3, -0.25) is 39.8 Å². The molecule has 11 rings (SSSR count). The lowest BCUT2D eigenvalue weighted by molar-refractivity contribution is 0.00578. The third-order valence-electron chi connectivity index (χ3n) is 13.0. The molecule has 0 unspecified atom stereocenters. The van der Waals surface area contributed by atoms with Gasteiger partial charge >= 0.3 is 19.2 Å². The number of nitrogens with zero attached hydrogens (tertiary/aromatic N) is 14. The fourth-order valence-electron chi connectivity index (χ4n) is 8.64. The summed E-state index contributed by atoms with van der Waals surface area (Å²) in [6.45, 7) is 20.0. The molecule has 0 radical (unpaired) electrons. The van der Waals surface area contributed by atoms with Crippen molar-refractivity contribution in [2.75, 3.05) is 56.4 Å². The van der Waals surface area contributed by atoms with Crippen LogP contribution < -0.4 is 35.7 Å². The zero-order valence-electron chi connectivity index (χ0n) is 39.5. The zero-order valence-corrected chi connectivity index (χ0v) is 40.2. The predicted octanol–water partition coefficient (Wildman–Crippen LogP) is 6.87. The Morgan fingerprint density at radius 1 is 0.691 bits per heavy atom. The first-order valence-electron chi connectivity index (χ1n) is 22.9. The van der Waals surface area contributed by atoms with Crippen molar-refractivity contribution in [2.24, 2.45) is 0 Å². The Bertz CT molecular complexity index is 2740. The van der Waals surface area contributed by atoms with Crippen molar-refractivity contribution in [2.45, 2.75) is 104 Å². The molecule has 4 amide bonds. The number of pyridine rings is 2. The first-order valence-corrected chi connectivity index (χ1v) is 23.3. The topological polar surface area (TPSA) is 203 Å². The highest BCUT2D eigenvalue weighted by Crippen LogP contribution is 2.42. The summed E-state index contributed by atoms with van der Waals surface area (Å²) >= 11 is 6.01. The summed E-state index contributed by atoms with van der Waals surface area (Å²) in [7, 11) is -0.313. The second-order valence-corrected chi connectivity index (χ2v) is 19.2. The Morgan fingerprint density at radius 2 is 1.21 bits per heavy atom. The number of halogens is 1. The van der Waals surface area contributed by atoms with E-state index < -0.39 is 0 Å². The predicted molar refractivity (Wildman–Crippen MR) is 262 cm³/mol. The summed E-state index contributed by atoms with van der Waals surface area (Å²) in [5, 5.41) is 14.7. The van der Waals surface area contributed by atoms with Gasteiger partial charge in [-0.15, -0.1) is 0 Å². The van der Waals surface area contributed by atoms with Crippen LogP contribution in [0.5, 0.6) is 0 Å². The molecule has 0 saturated carbocycles. The molecule has 0 spiro atoms. The number of rotatable bonds is 6. The third kappa shape index (κ3) is 9.42. The van der Waals surface area contributed by atoms with Crippen LogP contribution in [0, 0.1) is 0 Å². The fraction of sp³-hybridized carbons (Fsp3) is 0.435. The zero-order chi connectivity index (χ0) is 47.9. The summed E-state index contributed by atoms with van der Waals surface area (Å²) in [6.07, 6.45) is 18.7. The van der Waals surface area contributed by atoms with Crippen LogP contribution in [0.1, 0.15) is 80.3 Å². The molecule has 354 valence electrons. The first kappa shape index (κ1) is 46.4. The van der Waals surface area contributed by atoms with Crippen molar-refractivity contribution in [1.29, 1.82) is 0 Å². The maximum absolute atomic E-state index is 13.1. The highest BCUT2D eigenvalue weighted by atomic mass is 35.5. The van der Waals surface area contributed by atoms with Crippen LogP contribution in [-0.2, 0) is 9.31 Å². The molecule has 0 aliphatic carbocycles. The molecule has 0 aromatic carbocycles. The summed E-state index contributed by atoms with van der Waals surface area (Å²) in [4.78, 5) is 59.2. The van der Waals surface area contributed by atoms with E-state index in [2.05, 4.69) is 117 Å². The third-order valence-corrected chi connectivity index (χ3v) is 13.2. The quantitative estimate of drug-likeness (QED) is 0.129. The van der Waals surface area contributed by atoms with Crippen molar-refractivity contribution in [3.63, 3.8) is 0 Å². The normalized spacial score (nSPS) is 19.2. The van der Waals surface area contributed by atoms with E-state index in [4.69, 9.17) is 25.9 Å². The number of aromatic nitrogens is 10. The van der Waals surface area contributed by atoms with Crippen LogP contribution in [0.4, 0.5) is 44.2 Å². The van der Waals surface area contributed by atoms with Crippen LogP contribution >= 0.6 is 11.6 Å². The van der Waals surface area contributed by atoms with E-state index in [9.17, 15) is 9.59 Å². The Labute approximate surface area is 400 Å². The summed E-state index contributed by atoms with van der Waals surface area (Å²) in [5.41, 5.74) is 4.05. The van der Waals surface area contributed by atoms with Gasteiger partial charge in [0, 0.05) is 92.7 Å². The number of anilines is 6. The number of nitrogens with one attached hydrogen (secondary N) is 2. The molecule has 11 heterocycles. The molecule has 3 fully saturated rings. The monoisotopic (exact) mass is 942 g/mol. The molecule has 68 heavy (non-hydrogen) atoms. The van der Waals surface area contributed by atoms with Crippen LogP contribution in [-0.4, -0.2) is 118 Å². The minimum absolute atomic E-state index is 0.0836. The lowest BCUT2D eigenvalue weighted by atomic mass is 9.82. The highest BCUT2D eigenvalue weighted by Gasteiger charge is 2.52. The van der Waals surface area contributed by atoms with Gasteiger partial charge in [0.05, 0.1) is 58.9 Å². The second-order valence-electron chi connectivity index (χ2n) is 18.8. The Morgan fingerprint density at radius 3 is 1.71 bits per heavy atom. The molecule has 2 atom stereocenters. The smallest absolute Gasteiger partial charge is 0.399 e. The van der Waals surface area contributed by atoms with Crippen molar-refractivity contribution in [3.8, 4) is 11.3 Å². The van der Waals surface area contributed by atoms with Gasteiger partial charge in [0.2, 0.25) is 0 Å². The number of urea groups is 2. The lowest BCUT2D eigenvalue weighted by Gasteiger charge is -2.35. The van der Waals surface area contributed by atoms with Gasteiger partial charge in [-0.1, -0.05) is 11.6 Å². The van der Waals surface area contributed by atoms with Crippen molar-refractivity contribution < 1.29 is 18.9 Å². The van der Waals surface area contributed by atoms with Crippen LogP contribution in [0.2, 0.25) is 5.15 Å². The minimum atomic E-state index is -0.313. The SMILES string of the molecule is CC(C)n1cc(-c2ccc3c(n2)N(C(=O)Nc2cnccn2)[C@H]2CCN3C2)cn1.CC(C)n1cc(B2OC(C)(C)C(C)(C)O2)cn1.O=C(Nc1cnccn1)N1c2nc(Cl)ccc2N2CC[C@H]1C2. The van der Waals surface area contributed by atoms with Gasteiger partial charge in [-0.05, 0) is 92.5 Å². The molecule has 4 bridgehead atoms. The summed E-state index contributed by atoms with van der Waals surface area (Å²) in [6, 6.07) is 8.02. The number of hydrogen-bond donors (Lipinski definition) is 2. The number of amides is 4. The van der Waals surface area contributed by atoms with Crippen molar-refractivity contribution in [3.05, 3.63) is 91.4 Å². The van der Waals surface area contributed by atoms with Gasteiger partial charge in [-0.2, -0.15) is 10.2 Å². The Kier molecular flexibility index (Phi) is 12.8. The summed E-state index contributed by atoms with van der Waals surface area (Å²) in [5.74, 6) is 2.11. The van der Waals surface area contributed by atoms with E-state index >= 15 is 0 Å². The highest BCUT2D eigenvalue weighted by molar-refractivity contribution is 6.62. The Balaban J connectivity index is 0.000000132. The first-order chi connectivity index (χ1) is 32.5. The van der Waals surface area contributed by atoms with Crippen LogP contribution in [0.3, 0.4) is 0 Å². The number of carbonyl (C=O) groups excluding carboxylic acids is 2. The molecule has 5 aliphatic rings. The standard InChI is InChI=1S/C20H22N8O.C14H13ClN6O.C12H21BN2O2/c1-13(2)27-11-14(9-23-27)16-3-4-17-19(24-16)28(15-5-8-26(17)12-15)20(29)25-18-10-21-6-7-22-18;15-11-2-1-10-13(18-11)21(9-3-6-20(10)8-9)14(22)19-12-7-16-4-5-17-12;1-9(2)15-8-10(7-14-15)13-16-11(3,4)12(5,6)17-13/h3-4,6-7,9-11,13,15H,5,8,12H2,1-2H3,(H,22,25,29);1-2,4-5,7,9H,3,6,8H2,(H,17,19,22);7-9H,1-6H3/t15-;9-;/m00./s1. The van der Waals surface area contributed by atoms with E-state index in [1.54, 1.807) is 34.5 Å². The number of carbonyl (C=O) groups is 2. The lowest BCUT2D eigenvalue weighted by Crippen LogP contribution is -2.48. The van der Waals surface area contributed by atoms with Gasteiger partial charge in [0.25, 0.3) is 0 Å². The fourth-order valence-corrected chi connectivity index (χ4v) is 8.78. The minimum Gasteiger partial charge on any atom is -0.399 e. The van der Waals surface area contributed by atoms with E-state index in [0.717, 1.165) is 67.1 Å². The second kappa shape index (κ2) is 18.8. The molecule has 3 saturated heterocycles. The molecule has 20 nitrogen and oxygen atoms in total. The molecule has 6 aromatic rings. The van der Waals surface area contributed by atoms with Gasteiger partial charge in [-0.25, -0.2) is 29.5 Å². The molecule has 2 N–H and O–H groups in total. The van der Waals surface area contributed by atoms with Gasteiger partial charge < -0.3 is 19.1 Å². The molecule has 22 heteroatoms. The van der Waals surface area contributed by atoms with E-state index in [-0.39, 0.29) is 48.5 Å². The Hall–Kier alpha value is -6.71. The maximum atomic E-state index is 13.1. The van der Waals surface area contributed by atoms with Crippen LogP contribution in [0.25, 0.3) is 11.3 Å². The van der Waals surface area contributed by atoms with E-state index in [0.29, 0.717) is 34.5 Å². The molecular formula is C46H56BClN16O4. The molecular weight excluding hydrogens is 887 g/mol. The van der Waals surface area contributed by atoms with Crippen molar-refractivity contribution in [1.82, 2.24) is 49.5 Å². The largest absolute Gasteiger partial charge is 0.498 e. The number of hydrogen-bond acceptors (Lipinski definition) is 14. The van der Waals surface area contributed by atoms with E-state index in [1.165, 1.54) is 18.6 Å². The van der Waals surface area contributed by atoms with Gasteiger partial charge in [0.15, 0.2) is 23.3 Å². The summed E-state index contributed by atoms with van der Waals surface area (Å²) < 4.78 is 15.8. The average molecular weight is 943 g/mol. The van der Waals surface area contributed by atoms with Crippen molar-refractivity contribution >= 4 is 70.9 Å². The maximum Gasteiger partial charge on any atom is 0.498 e. The average Bonchev–Trinajstić information content (AvgIpc) is 4.17. The number of fused-ring (bicyclic) bond motifs is 8. The van der Waals surface area contributed by atoms with Gasteiger partial charge in [0.1, 0.15) is 5.15 Å². The van der Waals surface area contributed by atoms with Crippen LogP contribution in [0.15, 0.2) is 86.2 Å². The molecule has 6 aromatic heterocycles.